The largest absolute Gasteiger partial charge is 0.490 e. The van der Waals surface area contributed by atoms with Gasteiger partial charge in [0.05, 0.1) is 21.8 Å². The Labute approximate surface area is 156 Å². The van der Waals surface area contributed by atoms with Crippen molar-refractivity contribution in [1.29, 1.82) is 0 Å². The number of hydrogen-bond acceptors (Lipinski definition) is 3. The number of ether oxygens (including phenoxy) is 1. The summed E-state index contributed by atoms with van der Waals surface area (Å²) in [7, 11) is 3.34. The molecule has 0 atom stereocenters. The van der Waals surface area contributed by atoms with E-state index in [1.807, 2.05) is 13.8 Å². The van der Waals surface area contributed by atoms with E-state index < -0.39 is 0 Å². The fourth-order valence-corrected chi connectivity index (χ4v) is 2.68. The van der Waals surface area contributed by atoms with E-state index in [1.165, 1.54) is 4.90 Å². The molecule has 0 aliphatic rings. The Morgan fingerprint density at radius 1 is 1.12 bits per heavy atom. The highest BCUT2D eigenvalue weighted by Crippen LogP contribution is 2.27. The van der Waals surface area contributed by atoms with Gasteiger partial charge in [0.2, 0.25) is 0 Å². The molecule has 0 aliphatic heterocycles. The number of carbonyl (C=O) groups excluding carboxylic acids is 2. The Kier molecular flexibility index (Phi) is 6.20. The third-order valence-electron chi connectivity index (χ3n) is 3.37. The quantitative estimate of drug-likeness (QED) is 0.812. The molecule has 2 aromatic carbocycles. The van der Waals surface area contributed by atoms with Crippen LogP contribution < -0.4 is 10.1 Å². The Balaban J connectivity index is 2.23. The van der Waals surface area contributed by atoms with Crippen LogP contribution in [0.1, 0.15) is 34.6 Å². The van der Waals surface area contributed by atoms with Crippen molar-refractivity contribution >= 4 is 33.4 Å². The molecule has 5 nitrogen and oxygen atoms in total. The summed E-state index contributed by atoms with van der Waals surface area (Å²) in [6, 6.07) is 12.1. The number of para-hydroxylation sites is 1. The van der Waals surface area contributed by atoms with E-state index in [2.05, 4.69) is 21.2 Å². The van der Waals surface area contributed by atoms with Gasteiger partial charge in [-0.3, -0.25) is 9.59 Å². The number of carbonyl (C=O) groups is 2. The highest BCUT2D eigenvalue weighted by atomic mass is 79.9. The second-order valence-corrected chi connectivity index (χ2v) is 6.87. The van der Waals surface area contributed by atoms with Crippen molar-refractivity contribution in [2.45, 2.75) is 20.0 Å². The summed E-state index contributed by atoms with van der Waals surface area (Å²) in [4.78, 5) is 26.3. The maximum absolute atomic E-state index is 12.5. The molecule has 2 amide bonds. The Morgan fingerprint density at radius 2 is 1.80 bits per heavy atom. The molecular weight excluding hydrogens is 384 g/mol. The minimum Gasteiger partial charge on any atom is -0.490 e. The van der Waals surface area contributed by atoms with Crippen molar-refractivity contribution in [3.63, 3.8) is 0 Å². The molecule has 1 N–H and O–H groups in total. The van der Waals surface area contributed by atoms with Crippen LogP contribution in [0.3, 0.4) is 0 Å². The molecule has 0 bridgehead atoms. The predicted octanol–water partition coefficient (Wildman–Crippen LogP) is 4.19. The van der Waals surface area contributed by atoms with E-state index in [4.69, 9.17) is 4.74 Å². The minimum atomic E-state index is -0.296. The van der Waals surface area contributed by atoms with E-state index in [0.29, 0.717) is 27.0 Å². The number of halogens is 1. The van der Waals surface area contributed by atoms with Gasteiger partial charge in [-0.25, -0.2) is 0 Å². The molecule has 2 aromatic rings. The molecule has 0 unspecified atom stereocenters. The van der Waals surface area contributed by atoms with Crippen LogP contribution in [0.15, 0.2) is 46.9 Å². The monoisotopic (exact) mass is 404 g/mol. The van der Waals surface area contributed by atoms with Crippen LogP contribution in [0.25, 0.3) is 0 Å². The highest BCUT2D eigenvalue weighted by molar-refractivity contribution is 9.10. The van der Waals surface area contributed by atoms with Crippen LogP contribution in [0.2, 0.25) is 0 Å². The van der Waals surface area contributed by atoms with Gasteiger partial charge < -0.3 is 15.0 Å². The first-order chi connectivity index (χ1) is 11.8. The van der Waals surface area contributed by atoms with Crippen LogP contribution in [0.5, 0.6) is 5.75 Å². The van der Waals surface area contributed by atoms with Crippen LogP contribution in [0, 0.1) is 0 Å². The Bertz CT molecular complexity index is 788. The normalized spacial score (nSPS) is 10.5. The number of rotatable bonds is 5. The fraction of sp³-hybridized carbons (Fsp3) is 0.263. The zero-order valence-corrected chi connectivity index (χ0v) is 16.3. The van der Waals surface area contributed by atoms with E-state index in [1.54, 1.807) is 56.6 Å². The molecule has 0 spiro atoms. The van der Waals surface area contributed by atoms with Crippen molar-refractivity contribution in [3.8, 4) is 5.75 Å². The first-order valence-corrected chi connectivity index (χ1v) is 8.67. The lowest BCUT2D eigenvalue weighted by Crippen LogP contribution is -2.24. The van der Waals surface area contributed by atoms with Gasteiger partial charge >= 0.3 is 0 Å². The molecule has 0 aliphatic carbocycles. The molecule has 0 aromatic heterocycles. The summed E-state index contributed by atoms with van der Waals surface area (Å²) >= 11 is 3.42. The van der Waals surface area contributed by atoms with Gasteiger partial charge in [0, 0.05) is 19.7 Å². The smallest absolute Gasteiger partial charge is 0.255 e. The highest BCUT2D eigenvalue weighted by Gasteiger charge is 2.16. The van der Waals surface area contributed by atoms with Gasteiger partial charge in [0.15, 0.2) is 0 Å². The van der Waals surface area contributed by atoms with Gasteiger partial charge in [-0.2, -0.15) is 0 Å². The van der Waals surface area contributed by atoms with Crippen LogP contribution >= 0.6 is 15.9 Å². The van der Waals surface area contributed by atoms with Gasteiger partial charge in [-0.05, 0) is 60.1 Å². The number of anilines is 1. The Morgan fingerprint density at radius 3 is 2.40 bits per heavy atom. The van der Waals surface area contributed by atoms with Crippen LogP contribution in [0.4, 0.5) is 5.69 Å². The number of nitrogens with zero attached hydrogens (tertiary/aromatic N) is 1. The molecule has 25 heavy (non-hydrogen) atoms. The summed E-state index contributed by atoms with van der Waals surface area (Å²) in [6.45, 7) is 3.87. The summed E-state index contributed by atoms with van der Waals surface area (Å²) < 4.78 is 6.35. The van der Waals surface area contributed by atoms with E-state index in [-0.39, 0.29) is 17.9 Å². The molecule has 0 radical (unpaired) electrons. The predicted molar refractivity (Wildman–Crippen MR) is 102 cm³/mol. The lowest BCUT2D eigenvalue weighted by atomic mass is 10.1. The van der Waals surface area contributed by atoms with E-state index in [9.17, 15) is 9.59 Å². The average Bonchev–Trinajstić information content (AvgIpc) is 2.56. The zero-order valence-electron chi connectivity index (χ0n) is 14.7. The lowest BCUT2D eigenvalue weighted by Gasteiger charge is -2.15. The second-order valence-electron chi connectivity index (χ2n) is 6.01. The summed E-state index contributed by atoms with van der Waals surface area (Å²) in [5.74, 6) is 0.211. The standard InChI is InChI=1S/C19H21BrN2O3/c1-12(2)25-17-10-9-13(11-15(17)20)18(23)21-16-8-6-5-7-14(16)19(24)22(3)4/h5-12H,1-4H3,(H,21,23). The first-order valence-electron chi connectivity index (χ1n) is 7.88. The topological polar surface area (TPSA) is 58.6 Å². The molecule has 132 valence electrons. The first kappa shape index (κ1) is 19.0. The third-order valence-corrected chi connectivity index (χ3v) is 3.99. The summed E-state index contributed by atoms with van der Waals surface area (Å²) in [5, 5.41) is 2.80. The zero-order chi connectivity index (χ0) is 18.6. The minimum absolute atomic E-state index is 0.0416. The van der Waals surface area contributed by atoms with Gasteiger partial charge in [0.1, 0.15) is 5.75 Å². The van der Waals surface area contributed by atoms with Crippen molar-refractivity contribution in [2.75, 3.05) is 19.4 Å². The van der Waals surface area contributed by atoms with E-state index >= 15 is 0 Å². The lowest BCUT2D eigenvalue weighted by molar-refractivity contribution is 0.0828. The maximum atomic E-state index is 12.5. The van der Waals surface area contributed by atoms with E-state index in [0.717, 1.165) is 0 Å². The van der Waals surface area contributed by atoms with Crippen molar-refractivity contribution in [3.05, 3.63) is 58.1 Å². The fourth-order valence-electron chi connectivity index (χ4n) is 2.21. The molecule has 0 saturated heterocycles. The number of hydrogen-bond donors (Lipinski definition) is 1. The summed E-state index contributed by atoms with van der Waals surface area (Å²) in [5.41, 5.74) is 1.39. The molecule has 0 fully saturated rings. The van der Waals surface area contributed by atoms with Gasteiger partial charge in [-0.15, -0.1) is 0 Å². The number of amides is 2. The van der Waals surface area contributed by atoms with Gasteiger partial charge in [0.25, 0.3) is 11.8 Å². The molecule has 0 heterocycles. The van der Waals surface area contributed by atoms with Crippen molar-refractivity contribution in [1.82, 2.24) is 4.90 Å². The van der Waals surface area contributed by atoms with Crippen molar-refractivity contribution in [2.24, 2.45) is 0 Å². The molecule has 2 rings (SSSR count). The number of benzene rings is 2. The number of nitrogens with one attached hydrogen (secondary N) is 1. The van der Waals surface area contributed by atoms with Crippen LogP contribution in [-0.4, -0.2) is 36.9 Å². The third kappa shape index (κ3) is 4.82. The molecular formula is C19H21BrN2O3. The van der Waals surface area contributed by atoms with Crippen LogP contribution in [-0.2, 0) is 0 Å². The SMILES string of the molecule is CC(C)Oc1ccc(C(=O)Nc2ccccc2C(=O)N(C)C)cc1Br. The molecule has 6 heteroatoms. The Hall–Kier alpha value is -2.34. The van der Waals surface area contributed by atoms with Gasteiger partial charge in [-0.1, -0.05) is 12.1 Å². The second kappa shape index (κ2) is 8.16. The summed E-state index contributed by atoms with van der Waals surface area (Å²) in [6.07, 6.45) is 0.0416. The van der Waals surface area contributed by atoms with Crippen molar-refractivity contribution < 1.29 is 14.3 Å². The molecule has 0 saturated carbocycles. The maximum Gasteiger partial charge on any atom is 0.255 e. The average molecular weight is 405 g/mol.